The van der Waals surface area contributed by atoms with Gasteiger partial charge in [0, 0.05) is 6.54 Å². The molecular formula is C15H28N8O6. The number of carbonyl (C=O) groups excluding carboxylic acids is 4. The van der Waals surface area contributed by atoms with Crippen LogP contribution in [0.4, 0.5) is 0 Å². The van der Waals surface area contributed by atoms with Crippen molar-refractivity contribution in [2.75, 3.05) is 13.1 Å². The molecule has 0 aromatic rings. The number of hydrogen-bond donors (Lipinski definition) is 8. The lowest BCUT2D eigenvalue weighted by atomic mass is 10.1. The zero-order valence-corrected chi connectivity index (χ0v) is 16.0. The lowest BCUT2D eigenvalue weighted by molar-refractivity contribution is -0.142. The van der Waals surface area contributed by atoms with E-state index in [1.165, 1.54) is 6.92 Å². The predicted octanol–water partition coefficient (Wildman–Crippen LogP) is -4.57. The third-order valence-corrected chi connectivity index (χ3v) is 3.51. The first-order chi connectivity index (χ1) is 13.4. The minimum atomic E-state index is -1.25. The Kier molecular flexibility index (Phi) is 11.4. The van der Waals surface area contributed by atoms with Gasteiger partial charge in [-0.2, -0.15) is 0 Å². The molecule has 0 rings (SSSR count). The summed E-state index contributed by atoms with van der Waals surface area (Å²) in [5.74, 6) is -4.36. The van der Waals surface area contributed by atoms with Crippen molar-refractivity contribution >= 4 is 35.6 Å². The van der Waals surface area contributed by atoms with Crippen molar-refractivity contribution in [2.45, 2.75) is 44.3 Å². The molecule has 0 aromatic heterocycles. The van der Waals surface area contributed by atoms with Gasteiger partial charge in [-0.15, -0.1) is 0 Å². The summed E-state index contributed by atoms with van der Waals surface area (Å²) in [7, 11) is 0. The zero-order chi connectivity index (χ0) is 22.6. The van der Waals surface area contributed by atoms with Crippen molar-refractivity contribution in [2.24, 2.45) is 27.9 Å². The Morgan fingerprint density at radius 1 is 1.03 bits per heavy atom. The molecule has 0 fully saturated rings. The van der Waals surface area contributed by atoms with E-state index in [2.05, 4.69) is 20.9 Å². The monoisotopic (exact) mass is 416 g/mol. The summed E-state index contributed by atoms with van der Waals surface area (Å²) in [6, 6.07) is -3.44. The van der Waals surface area contributed by atoms with Crippen molar-refractivity contribution in [3.05, 3.63) is 0 Å². The smallest absolute Gasteiger partial charge is 0.326 e. The van der Waals surface area contributed by atoms with Crippen molar-refractivity contribution in [1.29, 1.82) is 0 Å². The van der Waals surface area contributed by atoms with Crippen LogP contribution < -0.4 is 38.9 Å². The number of carboxylic acids is 1. The largest absolute Gasteiger partial charge is 0.480 e. The molecule has 0 radical (unpaired) electrons. The van der Waals surface area contributed by atoms with E-state index in [1.807, 2.05) is 0 Å². The first-order valence-corrected chi connectivity index (χ1v) is 8.63. The Hall–Kier alpha value is -3.42. The molecule has 0 heterocycles. The van der Waals surface area contributed by atoms with Crippen LogP contribution in [0.3, 0.4) is 0 Å². The second kappa shape index (κ2) is 12.9. The average molecular weight is 416 g/mol. The van der Waals surface area contributed by atoms with Crippen LogP contribution in [0.1, 0.15) is 26.2 Å². The Bertz CT molecular complexity index is 649. The van der Waals surface area contributed by atoms with Crippen LogP contribution in [-0.4, -0.2) is 71.9 Å². The molecule has 14 heteroatoms. The number of amides is 4. The summed E-state index contributed by atoms with van der Waals surface area (Å²) in [5.41, 5.74) is 20.7. The number of rotatable bonds is 13. The molecule has 0 bridgehead atoms. The zero-order valence-electron chi connectivity index (χ0n) is 16.0. The van der Waals surface area contributed by atoms with Crippen LogP contribution in [0.25, 0.3) is 0 Å². The Labute approximate surface area is 166 Å². The normalized spacial score (nSPS) is 13.3. The highest BCUT2D eigenvalue weighted by atomic mass is 16.4. The van der Waals surface area contributed by atoms with E-state index in [-0.39, 0.29) is 25.3 Å². The minimum Gasteiger partial charge on any atom is -0.480 e. The number of carbonyl (C=O) groups is 5. The summed E-state index contributed by atoms with van der Waals surface area (Å²) in [4.78, 5) is 61.2. The van der Waals surface area contributed by atoms with Crippen molar-refractivity contribution in [3.8, 4) is 0 Å². The number of guanidine groups is 1. The summed E-state index contributed by atoms with van der Waals surface area (Å²) in [6.45, 7) is 1.03. The quantitative estimate of drug-likeness (QED) is 0.0814. The van der Waals surface area contributed by atoms with Gasteiger partial charge in [0.15, 0.2) is 5.96 Å². The second-order valence-electron chi connectivity index (χ2n) is 6.13. The van der Waals surface area contributed by atoms with Gasteiger partial charge in [0.2, 0.25) is 23.6 Å². The molecule has 12 N–H and O–H groups in total. The standard InChI is InChI=1S/C15H28N8O6/c1-7(22-13(27)8(16)5-10(17)24)12(26)21-6-11(25)23-9(14(28)29)3-2-4-20-15(18)19/h7-9H,2-6,16H2,1H3,(H2,17,24)(H,21,26)(H,22,27)(H,23,25)(H,28,29)(H4,18,19,20). The second-order valence-corrected chi connectivity index (χ2v) is 6.13. The highest BCUT2D eigenvalue weighted by molar-refractivity contribution is 5.93. The fourth-order valence-corrected chi connectivity index (χ4v) is 2.02. The van der Waals surface area contributed by atoms with Crippen molar-refractivity contribution in [1.82, 2.24) is 16.0 Å². The molecule has 0 aliphatic heterocycles. The van der Waals surface area contributed by atoms with Gasteiger partial charge in [0.25, 0.3) is 0 Å². The molecule has 0 saturated heterocycles. The molecule has 164 valence electrons. The van der Waals surface area contributed by atoms with E-state index >= 15 is 0 Å². The van der Waals surface area contributed by atoms with Crippen LogP contribution >= 0.6 is 0 Å². The van der Waals surface area contributed by atoms with E-state index < -0.39 is 54.3 Å². The molecule has 29 heavy (non-hydrogen) atoms. The van der Waals surface area contributed by atoms with Crippen LogP contribution in [0.5, 0.6) is 0 Å². The van der Waals surface area contributed by atoms with Gasteiger partial charge in [-0.3, -0.25) is 24.2 Å². The number of carboxylic acid groups (broad SMARTS) is 1. The third-order valence-electron chi connectivity index (χ3n) is 3.51. The van der Waals surface area contributed by atoms with Gasteiger partial charge in [0.05, 0.1) is 19.0 Å². The molecule has 0 aromatic carbocycles. The SMILES string of the molecule is CC(NC(=O)C(N)CC(N)=O)C(=O)NCC(=O)NC(CCCN=C(N)N)C(=O)O. The van der Waals surface area contributed by atoms with Crippen LogP contribution in [0.2, 0.25) is 0 Å². The maximum Gasteiger partial charge on any atom is 0.326 e. The molecule has 3 atom stereocenters. The van der Waals surface area contributed by atoms with Gasteiger partial charge in [0.1, 0.15) is 12.1 Å². The summed E-state index contributed by atoms with van der Waals surface area (Å²) in [6.07, 6.45) is 0.00841. The average Bonchev–Trinajstić information content (AvgIpc) is 2.60. The van der Waals surface area contributed by atoms with Crippen molar-refractivity contribution in [3.63, 3.8) is 0 Å². The molecule has 0 aliphatic carbocycles. The number of aliphatic carboxylic acids is 1. The van der Waals surface area contributed by atoms with Crippen LogP contribution in [0.15, 0.2) is 4.99 Å². The van der Waals surface area contributed by atoms with Crippen molar-refractivity contribution < 1.29 is 29.1 Å². The van der Waals surface area contributed by atoms with Gasteiger partial charge in [-0.05, 0) is 19.8 Å². The number of nitrogens with one attached hydrogen (secondary N) is 3. The highest BCUT2D eigenvalue weighted by Crippen LogP contribution is 1.98. The molecule has 3 unspecified atom stereocenters. The topological polar surface area (TPSA) is 258 Å². The van der Waals surface area contributed by atoms with Crippen LogP contribution in [-0.2, 0) is 24.0 Å². The van der Waals surface area contributed by atoms with E-state index in [4.69, 9.17) is 28.0 Å². The highest BCUT2D eigenvalue weighted by Gasteiger charge is 2.23. The summed E-state index contributed by atoms with van der Waals surface area (Å²) >= 11 is 0. The Morgan fingerprint density at radius 3 is 2.17 bits per heavy atom. The van der Waals surface area contributed by atoms with Gasteiger partial charge < -0.3 is 44.0 Å². The Balaban J connectivity index is 4.42. The molecule has 0 saturated carbocycles. The number of nitrogens with zero attached hydrogens (tertiary/aromatic N) is 1. The third kappa shape index (κ3) is 11.8. The van der Waals surface area contributed by atoms with E-state index in [1.54, 1.807) is 0 Å². The number of nitrogens with two attached hydrogens (primary N) is 4. The van der Waals surface area contributed by atoms with Crippen LogP contribution in [0, 0.1) is 0 Å². The van der Waals surface area contributed by atoms with E-state index in [9.17, 15) is 24.0 Å². The number of hydrogen-bond acceptors (Lipinski definition) is 7. The first-order valence-electron chi connectivity index (χ1n) is 8.63. The molecular weight excluding hydrogens is 388 g/mol. The van der Waals surface area contributed by atoms with Gasteiger partial charge in [-0.25, -0.2) is 4.79 Å². The van der Waals surface area contributed by atoms with E-state index in [0.29, 0.717) is 6.42 Å². The fourth-order valence-electron chi connectivity index (χ4n) is 2.02. The lowest BCUT2D eigenvalue weighted by Gasteiger charge is -2.17. The Morgan fingerprint density at radius 2 is 1.66 bits per heavy atom. The summed E-state index contributed by atoms with van der Waals surface area (Å²) in [5, 5.41) is 15.9. The summed E-state index contributed by atoms with van der Waals surface area (Å²) < 4.78 is 0. The predicted molar refractivity (Wildman–Crippen MR) is 102 cm³/mol. The van der Waals surface area contributed by atoms with Gasteiger partial charge in [-0.1, -0.05) is 0 Å². The molecule has 14 nitrogen and oxygen atoms in total. The number of primary amides is 1. The fraction of sp³-hybridized carbons (Fsp3) is 0.600. The maximum atomic E-state index is 11.9. The van der Waals surface area contributed by atoms with Gasteiger partial charge >= 0.3 is 5.97 Å². The maximum absolute atomic E-state index is 11.9. The molecule has 4 amide bonds. The number of aliphatic imine (C=N–C) groups is 1. The minimum absolute atomic E-state index is 0.0794. The first kappa shape index (κ1) is 25.6. The molecule has 0 aliphatic rings. The molecule has 0 spiro atoms. The van der Waals surface area contributed by atoms with E-state index in [0.717, 1.165) is 0 Å². The lowest BCUT2D eigenvalue weighted by Crippen LogP contribution is -2.52.